The van der Waals surface area contributed by atoms with Crippen LogP contribution in [0.25, 0.3) is 11.3 Å². The highest BCUT2D eigenvalue weighted by Gasteiger charge is 2.14. The first-order chi connectivity index (χ1) is 8.99. The molecule has 1 aromatic heterocycles. The SMILES string of the molecule is COc1ccc(-c2ocnc2CNC(C)(C)C)cc1. The zero-order valence-corrected chi connectivity index (χ0v) is 11.9. The normalized spacial score (nSPS) is 11.6. The molecule has 4 nitrogen and oxygen atoms in total. The minimum absolute atomic E-state index is 0.0517. The van der Waals surface area contributed by atoms with Gasteiger partial charge < -0.3 is 14.5 Å². The number of ether oxygens (including phenoxy) is 1. The second-order valence-corrected chi connectivity index (χ2v) is 5.46. The van der Waals surface area contributed by atoms with Crippen LogP contribution in [0.3, 0.4) is 0 Å². The van der Waals surface area contributed by atoms with Crippen LogP contribution < -0.4 is 10.1 Å². The Morgan fingerprint density at radius 3 is 2.47 bits per heavy atom. The number of rotatable bonds is 4. The van der Waals surface area contributed by atoms with Crippen molar-refractivity contribution in [3.05, 3.63) is 36.4 Å². The van der Waals surface area contributed by atoms with Gasteiger partial charge in [-0.1, -0.05) is 0 Å². The maximum atomic E-state index is 5.50. The number of benzene rings is 1. The molecule has 4 heteroatoms. The summed E-state index contributed by atoms with van der Waals surface area (Å²) in [5.74, 6) is 1.64. The molecule has 1 N–H and O–H groups in total. The van der Waals surface area contributed by atoms with Crippen LogP contribution in [0.2, 0.25) is 0 Å². The average Bonchev–Trinajstić information content (AvgIpc) is 2.84. The third-order valence-corrected chi connectivity index (χ3v) is 2.78. The lowest BCUT2D eigenvalue weighted by atomic mass is 10.1. The number of hydrogen-bond donors (Lipinski definition) is 1. The molecule has 0 unspecified atom stereocenters. The minimum Gasteiger partial charge on any atom is -0.497 e. The Hall–Kier alpha value is -1.81. The highest BCUT2D eigenvalue weighted by Crippen LogP contribution is 2.25. The maximum absolute atomic E-state index is 5.50. The molecule has 0 atom stereocenters. The molecule has 0 aliphatic carbocycles. The molecule has 1 heterocycles. The van der Waals surface area contributed by atoms with Gasteiger partial charge >= 0.3 is 0 Å². The van der Waals surface area contributed by atoms with Gasteiger partial charge in [-0.15, -0.1) is 0 Å². The van der Waals surface area contributed by atoms with E-state index in [1.54, 1.807) is 7.11 Å². The first-order valence-corrected chi connectivity index (χ1v) is 6.31. The Morgan fingerprint density at radius 2 is 1.89 bits per heavy atom. The van der Waals surface area contributed by atoms with Crippen LogP contribution in [0.1, 0.15) is 26.5 Å². The lowest BCUT2D eigenvalue weighted by Crippen LogP contribution is -2.35. The van der Waals surface area contributed by atoms with Crippen molar-refractivity contribution in [3.63, 3.8) is 0 Å². The third kappa shape index (κ3) is 3.58. The van der Waals surface area contributed by atoms with Crippen LogP contribution >= 0.6 is 0 Å². The topological polar surface area (TPSA) is 47.3 Å². The molecule has 0 radical (unpaired) electrons. The molecule has 2 rings (SSSR count). The van der Waals surface area contributed by atoms with E-state index in [1.165, 1.54) is 6.39 Å². The van der Waals surface area contributed by atoms with Gasteiger partial charge in [0.25, 0.3) is 0 Å². The number of hydrogen-bond acceptors (Lipinski definition) is 4. The number of methoxy groups -OCH3 is 1. The van der Waals surface area contributed by atoms with Crippen molar-refractivity contribution in [3.8, 4) is 17.1 Å². The van der Waals surface area contributed by atoms with E-state index in [1.807, 2.05) is 24.3 Å². The summed E-state index contributed by atoms with van der Waals surface area (Å²) in [5.41, 5.74) is 1.97. The largest absolute Gasteiger partial charge is 0.497 e. The first-order valence-electron chi connectivity index (χ1n) is 6.31. The van der Waals surface area contributed by atoms with Crippen LogP contribution in [-0.4, -0.2) is 17.6 Å². The fourth-order valence-corrected chi connectivity index (χ4v) is 1.72. The summed E-state index contributed by atoms with van der Waals surface area (Å²) in [6, 6.07) is 7.78. The zero-order chi connectivity index (χ0) is 13.9. The standard InChI is InChI=1S/C15H20N2O2/c1-15(2,3)17-9-13-14(19-10-16-13)11-5-7-12(18-4)8-6-11/h5-8,10,17H,9H2,1-4H3. The molecular weight excluding hydrogens is 240 g/mol. The monoisotopic (exact) mass is 260 g/mol. The molecule has 0 amide bonds. The van der Waals surface area contributed by atoms with E-state index >= 15 is 0 Å². The van der Waals surface area contributed by atoms with Gasteiger partial charge in [-0.05, 0) is 45.0 Å². The number of oxazole rings is 1. The molecule has 19 heavy (non-hydrogen) atoms. The van der Waals surface area contributed by atoms with Crippen LogP contribution in [-0.2, 0) is 6.54 Å². The summed E-state index contributed by atoms with van der Waals surface area (Å²) >= 11 is 0. The van der Waals surface area contributed by atoms with Crippen molar-refractivity contribution in [2.24, 2.45) is 0 Å². The average molecular weight is 260 g/mol. The number of nitrogens with one attached hydrogen (secondary N) is 1. The number of aromatic nitrogens is 1. The van der Waals surface area contributed by atoms with E-state index < -0.39 is 0 Å². The van der Waals surface area contributed by atoms with Gasteiger partial charge in [0.15, 0.2) is 12.2 Å². The Labute approximate surface area is 113 Å². The fourth-order valence-electron chi connectivity index (χ4n) is 1.72. The predicted molar refractivity (Wildman–Crippen MR) is 75.1 cm³/mol. The van der Waals surface area contributed by atoms with Gasteiger partial charge in [0.05, 0.1) is 7.11 Å². The lowest BCUT2D eigenvalue weighted by molar-refractivity contribution is 0.415. The Bertz CT molecular complexity index is 524. The highest BCUT2D eigenvalue weighted by molar-refractivity contribution is 5.60. The zero-order valence-electron chi connectivity index (χ0n) is 11.9. The van der Waals surface area contributed by atoms with E-state index in [4.69, 9.17) is 9.15 Å². The van der Waals surface area contributed by atoms with Crippen LogP contribution in [0.15, 0.2) is 35.1 Å². The predicted octanol–water partition coefficient (Wildman–Crippen LogP) is 3.24. The van der Waals surface area contributed by atoms with Crippen LogP contribution in [0, 0.1) is 0 Å². The van der Waals surface area contributed by atoms with E-state index in [0.717, 1.165) is 22.8 Å². The van der Waals surface area contributed by atoms with Crippen molar-refractivity contribution >= 4 is 0 Å². The van der Waals surface area contributed by atoms with Gasteiger partial charge in [-0.2, -0.15) is 0 Å². The smallest absolute Gasteiger partial charge is 0.181 e. The van der Waals surface area contributed by atoms with E-state index in [9.17, 15) is 0 Å². The Morgan fingerprint density at radius 1 is 1.21 bits per heavy atom. The van der Waals surface area contributed by atoms with E-state index in [2.05, 4.69) is 31.1 Å². The van der Waals surface area contributed by atoms with Gasteiger partial charge in [-0.3, -0.25) is 0 Å². The molecule has 1 aromatic carbocycles. The van der Waals surface area contributed by atoms with Crippen LogP contribution in [0.5, 0.6) is 5.75 Å². The summed E-state index contributed by atoms with van der Waals surface area (Å²) in [5, 5.41) is 3.41. The Balaban J connectivity index is 2.18. The Kier molecular flexibility index (Phi) is 3.90. The summed E-state index contributed by atoms with van der Waals surface area (Å²) in [6.07, 6.45) is 1.49. The van der Waals surface area contributed by atoms with Gasteiger partial charge in [-0.25, -0.2) is 4.98 Å². The minimum atomic E-state index is 0.0517. The van der Waals surface area contributed by atoms with E-state index in [0.29, 0.717) is 6.54 Å². The third-order valence-electron chi connectivity index (χ3n) is 2.78. The van der Waals surface area contributed by atoms with E-state index in [-0.39, 0.29) is 5.54 Å². The number of nitrogens with zero attached hydrogens (tertiary/aromatic N) is 1. The second kappa shape index (κ2) is 5.45. The van der Waals surface area contributed by atoms with Crippen molar-refractivity contribution in [1.82, 2.24) is 10.3 Å². The van der Waals surface area contributed by atoms with Gasteiger partial charge in [0.2, 0.25) is 0 Å². The molecule has 0 aliphatic rings. The summed E-state index contributed by atoms with van der Waals surface area (Å²) in [6.45, 7) is 7.06. The molecule has 0 spiro atoms. The van der Waals surface area contributed by atoms with Crippen molar-refractivity contribution < 1.29 is 9.15 Å². The molecule has 102 valence electrons. The lowest BCUT2D eigenvalue weighted by Gasteiger charge is -2.19. The molecule has 0 aliphatic heterocycles. The van der Waals surface area contributed by atoms with Crippen molar-refractivity contribution in [1.29, 1.82) is 0 Å². The van der Waals surface area contributed by atoms with Crippen LogP contribution in [0.4, 0.5) is 0 Å². The highest BCUT2D eigenvalue weighted by atomic mass is 16.5. The molecular formula is C15H20N2O2. The second-order valence-electron chi connectivity index (χ2n) is 5.46. The van der Waals surface area contributed by atoms with Crippen molar-refractivity contribution in [2.75, 3.05) is 7.11 Å². The molecule has 0 saturated heterocycles. The van der Waals surface area contributed by atoms with Gasteiger partial charge in [0.1, 0.15) is 11.4 Å². The summed E-state index contributed by atoms with van der Waals surface area (Å²) in [4.78, 5) is 4.28. The maximum Gasteiger partial charge on any atom is 0.181 e. The molecule has 0 fully saturated rings. The molecule has 2 aromatic rings. The van der Waals surface area contributed by atoms with Crippen molar-refractivity contribution in [2.45, 2.75) is 32.9 Å². The quantitative estimate of drug-likeness (QED) is 0.916. The first kappa shape index (κ1) is 13.6. The molecule has 0 bridgehead atoms. The van der Waals surface area contributed by atoms with Gasteiger partial charge in [0, 0.05) is 17.6 Å². The summed E-state index contributed by atoms with van der Waals surface area (Å²) in [7, 11) is 1.65. The summed E-state index contributed by atoms with van der Waals surface area (Å²) < 4.78 is 10.6. The fraction of sp³-hybridized carbons (Fsp3) is 0.400. The molecule has 0 saturated carbocycles.